The number of aliphatic carboxylic acids is 1. The summed E-state index contributed by atoms with van der Waals surface area (Å²) >= 11 is 12.2. The first-order valence-electron chi connectivity index (χ1n) is 13.0. The minimum absolute atomic E-state index is 0.130. The lowest BCUT2D eigenvalue weighted by atomic mass is 9.81. The summed E-state index contributed by atoms with van der Waals surface area (Å²) in [5.41, 5.74) is 0.891. The van der Waals surface area contributed by atoms with Crippen LogP contribution in [-0.4, -0.2) is 66.7 Å². The van der Waals surface area contributed by atoms with E-state index >= 15 is 0 Å². The fraction of sp³-hybridized carbons (Fsp3) is 0.464. The van der Waals surface area contributed by atoms with Gasteiger partial charge in [0, 0.05) is 25.2 Å². The van der Waals surface area contributed by atoms with Crippen molar-refractivity contribution in [3.05, 3.63) is 63.6 Å². The van der Waals surface area contributed by atoms with Crippen molar-refractivity contribution < 1.29 is 24.2 Å². The average molecular weight is 562 g/mol. The van der Waals surface area contributed by atoms with E-state index in [1.807, 2.05) is 0 Å². The molecule has 1 atom stereocenters. The normalized spacial score (nSPS) is 18.1. The maximum Gasteiger partial charge on any atom is 0.326 e. The van der Waals surface area contributed by atoms with E-state index in [1.165, 1.54) is 0 Å². The summed E-state index contributed by atoms with van der Waals surface area (Å²) in [5, 5.41) is 16.0. The molecule has 0 bridgehead atoms. The van der Waals surface area contributed by atoms with Crippen LogP contribution in [0.25, 0.3) is 0 Å². The van der Waals surface area contributed by atoms with Crippen LogP contribution < -0.4 is 10.6 Å². The summed E-state index contributed by atoms with van der Waals surface area (Å²) in [7, 11) is 0. The van der Waals surface area contributed by atoms with Gasteiger partial charge in [0.15, 0.2) is 0 Å². The molecule has 204 valence electrons. The lowest BCUT2D eigenvalue weighted by Gasteiger charge is -2.33. The van der Waals surface area contributed by atoms with Gasteiger partial charge in [0.05, 0.1) is 34.2 Å². The molecule has 0 aromatic heterocycles. The lowest BCUT2D eigenvalue weighted by Crippen LogP contribution is -2.50. The maximum absolute atomic E-state index is 13.4. The molecule has 0 unspecified atom stereocenters. The number of hydrogen-bond acceptors (Lipinski definition) is 5. The van der Waals surface area contributed by atoms with Crippen molar-refractivity contribution in [3.63, 3.8) is 0 Å². The van der Waals surface area contributed by atoms with Crippen molar-refractivity contribution in [2.75, 3.05) is 38.2 Å². The molecule has 2 aromatic carbocycles. The number of carbonyl (C=O) groups is 3. The summed E-state index contributed by atoms with van der Waals surface area (Å²) < 4.78 is 5.42. The van der Waals surface area contributed by atoms with Gasteiger partial charge in [-0.1, -0.05) is 54.2 Å². The highest BCUT2D eigenvalue weighted by atomic mass is 35.5. The molecule has 1 aliphatic heterocycles. The van der Waals surface area contributed by atoms with Crippen LogP contribution in [0.4, 0.5) is 5.69 Å². The minimum atomic E-state index is -1.08. The van der Waals surface area contributed by atoms with E-state index in [1.54, 1.807) is 42.5 Å². The van der Waals surface area contributed by atoms with Crippen LogP contribution in [-0.2, 0) is 20.7 Å². The molecular formula is C28H33Cl2N3O5. The number of morpholine rings is 1. The van der Waals surface area contributed by atoms with Crippen LogP contribution in [0, 0.1) is 5.41 Å². The zero-order valence-electron chi connectivity index (χ0n) is 21.2. The quantitative estimate of drug-likeness (QED) is 0.390. The number of nitrogens with zero attached hydrogens (tertiary/aromatic N) is 1. The summed E-state index contributed by atoms with van der Waals surface area (Å²) in [6.07, 6.45) is 4.35. The maximum atomic E-state index is 13.4. The third-order valence-electron chi connectivity index (χ3n) is 7.50. The number of amides is 2. The van der Waals surface area contributed by atoms with E-state index in [4.69, 9.17) is 27.9 Å². The van der Waals surface area contributed by atoms with E-state index in [0.717, 1.165) is 57.3 Å². The number of ether oxygens (including phenoxy) is 1. The topological polar surface area (TPSA) is 108 Å². The van der Waals surface area contributed by atoms with Crippen molar-refractivity contribution in [3.8, 4) is 0 Å². The predicted octanol–water partition coefficient (Wildman–Crippen LogP) is 4.64. The lowest BCUT2D eigenvalue weighted by molar-refractivity contribution is -0.144. The van der Waals surface area contributed by atoms with E-state index in [9.17, 15) is 19.5 Å². The van der Waals surface area contributed by atoms with E-state index in [2.05, 4.69) is 15.5 Å². The van der Waals surface area contributed by atoms with E-state index in [0.29, 0.717) is 18.9 Å². The molecule has 1 heterocycles. The Kier molecular flexibility index (Phi) is 9.65. The molecule has 2 amide bonds. The SMILES string of the molecule is O=C(Nc1ccc(C[C@H](NC(=O)C2(CCN3CCOCC3)CCCC2)C(=O)O)cc1)c1c(Cl)cccc1Cl. The minimum Gasteiger partial charge on any atom is -0.480 e. The molecular weight excluding hydrogens is 529 g/mol. The number of carboxylic acid groups (broad SMARTS) is 1. The Balaban J connectivity index is 1.37. The number of halogens is 2. The highest BCUT2D eigenvalue weighted by molar-refractivity contribution is 6.40. The molecule has 0 radical (unpaired) electrons. The van der Waals surface area contributed by atoms with Gasteiger partial charge in [0.25, 0.3) is 5.91 Å². The first-order valence-corrected chi connectivity index (χ1v) is 13.7. The third-order valence-corrected chi connectivity index (χ3v) is 8.13. The summed E-state index contributed by atoms with van der Waals surface area (Å²) in [4.78, 5) is 40.4. The molecule has 0 spiro atoms. The van der Waals surface area contributed by atoms with E-state index in [-0.39, 0.29) is 27.9 Å². The molecule has 2 fully saturated rings. The van der Waals surface area contributed by atoms with Gasteiger partial charge >= 0.3 is 5.97 Å². The summed E-state index contributed by atoms with van der Waals surface area (Å²) in [5.74, 6) is -1.69. The number of rotatable bonds is 10. The number of benzene rings is 2. The largest absolute Gasteiger partial charge is 0.480 e. The van der Waals surface area contributed by atoms with Gasteiger partial charge in [-0.25, -0.2) is 4.79 Å². The molecule has 38 heavy (non-hydrogen) atoms. The van der Waals surface area contributed by atoms with Gasteiger partial charge in [-0.05, 0) is 55.6 Å². The Labute approximate surface area is 232 Å². The zero-order valence-corrected chi connectivity index (χ0v) is 22.7. The van der Waals surface area contributed by atoms with Crippen molar-refractivity contribution in [2.24, 2.45) is 5.41 Å². The molecule has 1 saturated carbocycles. The highest BCUT2D eigenvalue weighted by Crippen LogP contribution is 2.41. The molecule has 1 aliphatic carbocycles. The standard InChI is InChI=1S/C28H33Cl2N3O5/c29-21-4-3-5-22(30)24(21)25(34)31-20-8-6-19(7-9-20)18-23(26(35)36)32-27(37)28(10-1-2-11-28)12-13-33-14-16-38-17-15-33/h3-9,23H,1-2,10-18H2,(H,31,34)(H,32,37)(H,35,36)/t23-/m0/s1. The van der Waals surface area contributed by atoms with Crippen LogP contribution in [0.5, 0.6) is 0 Å². The molecule has 2 aliphatic rings. The second kappa shape index (κ2) is 12.9. The Hall–Kier alpha value is -2.65. The van der Waals surface area contributed by atoms with Gasteiger partial charge in [-0.2, -0.15) is 0 Å². The molecule has 1 saturated heterocycles. The number of hydrogen-bond donors (Lipinski definition) is 3. The Bertz CT molecular complexity index is 1130. The van der Waals surface area contributed by atoms with Crippen LogP contribution in [0.2, 0.25) is 10.0 Å². The number of anilines is 1. The second-order valence-electron chi connectivity index (χ2n) is 10.0. The molecule has 4 rings (SSSR count). The molecule has 8 nitrogen and oxygen atoms in total. The van der Waals surface area contributed by atoms with Crippen molar-refractivity contribution in [1.29, 1.82) is 0 Å². The molecule has 10 heteroatoms. The number of carboxylic acids is 1. The highest BCUT2D eigenvalue weighted by Gasteiger charge is 2.42. The van der Waals surface area contributed by atoms with Crippen LogP contribution >= 0.6 is 23.2 Å². The van der Waals surface area contributed by atoms with Gasteiger partial charge < -0.3 is 20.5 Å². The smallest absolute Gasteiger partial charge is 0.326 e. The number of nitrogens with one attached hydrogen (secondary N) is 2. The summed E-state index contributed by atoms with van der Waals surface area (Å²) in [6, 6.07) is 10.6. The van der Waals surface area contributed by atoms with Gasteiger partial charge in [-0.15, -0.1) is 0 Å². The van der Waals surface area contributed by atoms with Gasteiger partial charge in [0.1, 0.15) is 6.04 Å². The first kappa shape index (κ1) is 28.4. The second-order valence-corrected chi connectivity index (χ2v) is 10.8. The van der Waals surface area contributed by atoms with Crippen molar-refractivity contribution in [1.82, 2.24) is 10.2 Å². The zero-order chi connectivity index (χ0) is 27.1. The average Bonchev–Trinajstić information content (AvgIpc) is 3.39. The Morgan fingerprint density at radius 1 is 1.00 bits per heavy atom. The Morgan fingerprint density at radius 3 is 2.24 bits per heavy atom. The van der Waals surface area contributed by atoms with Crippen LogP contribution in [0.1, 0.15) is 48.0 Å². The third kappa shape index (κ3) is 7.05. The van der Waals surface area contributed by atoms with Crippen LogP contribution in [0.3, 0.4) is 0 Å². The molecule has 2 aromatic rings. The Morgan fingerprint density at radius 2 is 1.63 bits per heavy atom. The fourth-order valence-corrected chi connectivity index (χ4v) is 5.79. The van der Waals surface area contributed by atoms with Crippen molar-refractivity contribution in [2.45, 2.75) is 44.6 Å². The summed E-state index contributed by atoms with van der Waals surface area (Å²) in [6.45, 7) is 3.93. The number of carbonyl (C=O) groups excluding carboxylic acids is 2. The van der Waals surface area contributed by atoms with Crippen molar-refractivity contribution >= 4 is 46.7 Å². The van der Waals surface area contributed by atoms with E-state index < -0.39 is 23.3 Å². The predicted molar refractivity (Wildman–Crippen MR) is 147 cm³/mol. The monoisotopic (exact) mass is 561 g/mol. The first-order chi connectivity index (χ1) is 18.3. The fourth-order valence-electron chi connectivity index (χ4n) is 5.22. The molecule has 3 N–H and O–H groups in total. The van der Waals surface area contributed by atoms with Gasteiger partial charge in [-0.3, -0.25) is 14.5 Å². The van der Waals surface area contributed by atoms with Crippen LogP contribution in [0.15, 0.2) is 42.5 Å². The van der Waals surface area contributed by atoms with Gasteiger partial charge in [0.2, 0.25) is 5.91 Å².